The molecule has 0 fully saturated rings. The molecule has 0 atom stereocenters. The lowest BCUT2D eigenvalue weighted by molar-refractivity contribution is 0.561. The summed E-state index contributed by atoms with van der Waals surface area (Å²) < 4.78 is 0. The number of benzene rings is 2. The average molecular weight is 239 g/mol. The topological polar surface area (TPSA) is 29.4 Å². The third kappa shape index (κ3) is 3.54. The maximum Gasteiger partial charge on any atom is 0.234 e. The molecular formula is C16H17NO. The Hall–Kier alpha value is -1.92. The van der Waals surface area contributed by atoms with Gasteiger partial charge < -0.3 is 0 Å². The van der Waals surface area contributed by atoms with Crippen LogP contribution >= 0.6 is 0 Å². The number of hydrogen-bond acceptors (Lipinski definition) is 2. The summed E-state index contributed by atoms with van der Waals surface area (Å²) in [5.74, 6) is 0. The van der Waals surface area contributed by atoms with Crippen molar-refractivity contribution in [3.8, 4) is 0 Å². The van der Waals surface area contributed by atoms with Gasteiger partial charge in [-0.05, 0) is 35.6 Å². The first-order valence-corrected chi connectivity index (χ1v) is 6.41. The van der Waals surface area contributed by atoms with E-state index in [2.05, 4.69) is 47.5 Å². The van der Waals surface area contributed by atoms with Crippen molar-refractivity contribution in [2.24, 2.45) is 4.99 Å². The van der Waals surface area contributed by atoms with Crippen molar-refractivity contribution in [2.75, 3.05) is 6.54 Å². The van der Waals surface area contributed by atoms with Crippen molar-refractivity contribution in [2.45, 2.75) is 25.7 Å². The zero-order chi connectivity index (χ0) is 12.6. The molecule has 0 unspecified atom stereocenters. The molecule has 18 heavy (non-hydrogen) atoms. The number of hydrogen-bond donors (Lipinski definition) is 0. The van der Waals surface area contributed by atoms with Gasteiger partial charge in [0.25, 0.3) is 0 Å². The maximum atomic E-state index is 9.89. The van der Waals surface area contributed by atoms with Gasteiger partial charge in [-0.3, -0.25) is 0 Å². The number of rotatable bonds is 6. The monoisotopic (exact) mass is 239 g/mol. The highest BCUT2D eigenvalue weighted by Crippen LogP contribution is 2.17. The Morgan fingerprint density at radius 1 is 0.944 bits per heavy atom. The molecule has 0 aromatic heterocycles. The molecule has 0 radical (unpaired) electrons. The lowest BCUT2D eigenvalue weighted by Crippen LogP contribution is -1.88. The van der Waals surface area contributed by atoms with Crippen LogP contribution in [0.2, 0.25) is 0 Å². The van der Waals surface area contributed by atoms with Gasteiger partial charge in [-0.25, -0.2) is 9.79 Å². The first-order chi connectivity index (χ1) is 8.90. The van der Waals surface area contributed by atoms with Gasteiger partial charge in [0, 0.05) is 0 Å². The van der Waals surface area contributed by atoms with Crippen LogP contribution in [0.15, 0.2) is 47.5 Å². The fourth-order valence-electron chi connectivity index (χ4n) is 2.14. The minimum absolute atomic E-state index is 0.612. The molecule has 0 N–H and O–H groups in total. The van der Waals surface area contributed by atoms with Crippen molar-refractivity contribution in [3.05, 3.63) is 48.0 Å². The third-order valence-electron chi connectivity index (χ3n) is 3.11. The highest BCUT2D eigenvalue weighted by atomic mass is 16.1. The first kappa shape index (κ1) is 12.5. The summed E-state index contributed by atoms with van der Waals surface area (Å²) in [6, 6.07) is 15.1. The van der Waals surface area contributed by atoms with Crippen LogP contribution in [0.4, 0.5) is 0 Å². The summed E-state index contributed by atoms with van der Waals surface area (Å²) in [6.45, 7) is 0.612. The summed E-state index contributed by atoms with van der Waals surface area (Å²) in [6.07, 6.45) is 5.89. The lowest BCUT2D eigenvalue weighted by atomic mass is 10.0. The second-order valence-electron chi connectivity index (χ2n) is 4.47. The van der Waals surface area contributed by atoms with E-state index >= 15 is 0 Å². The number of isocyanates is 1. The van der Waals surface area contributed by atoms with E-state index < -0.39 is 0 Å². The van der Waals surface area contributed by atoms with Gasteiger partial charge in [-0.15, -0.1) is 0 Å². The molecule has 92 valence electrons. The fourth-order valence-corrected chi connectivity index (χ4v) is 2.14. The van der Waals surface area contributed by atoms with E-state index in [0.717, 1.165) is 25.7 Å². The molecule has 2 heteroatoms. The minimum atomic E-state index is 0.612. The molecule has 0 saturated carbocycles. The smallest absolute Gasteiger partial charge is 0.211 e. The Balaban J connectivity index is 1.86. The standard InChI is InChI=1S/C16H17NO/c18-13-17-11-5-1-2-6-14-9-10-15-7-3-4-8-16(15)12-14/h3-4,7-10,12H,1-2,5-6,11H2. The quantitative estimate of drug-likeness (QED) is 0.427. The van der Waals surface area contributed by atoms with Gasteiger partial charge >= 0.3 is 0 Å². The Morgan fingerprint density at radius 3 is 2.61 bits per heavy atom. The van der Waals surface area contributed by atoms with E-state index in [0.29, 0.717) is 6.54 Å². The molecule has 0 bridgehead atoms. The van der Waals surface area contributed by atoms with Crippen LogP contribution in [0.1, 0.15) is 24.8 Å². The zero-order valence-corrected chi connectivity index (χ0v) is 10.4. The second kappa shape index (κ2) is 6.73. The molecule has 0 heterocycles. The number of nitrogens with zero attached hydrogens (tertiary/aromatic N) is 1. The summed E-state index contributed by atoms with van der Waals surface area (Å²) in [7, 11) is 0. The van der Waals surface area contributed by atoms with Gasteiger partial charge in [0.1, 0.15) is 0 Å². The molecule has 2 rings (SSSR count). The number of fused-ring (bicyclic) bond motifs is 1. The average Bonchev–Trinajstić information content (AvgIpc) is 2.42. The van der Waals surface area contributed by atoms with Gasteiger partial charge in [0.15, 0.2) is 0 Å². The number of aliphatic imine (C=N–C) groups is 1. The van der Waals surface area contributed by atoms with Crippen LogP contribution in [-0.2, 0) is 11.2 Å². The van der Waals surface area contributed by atoms with E-state index in [1.54, 1.807) is 6.08 Å². The van der Waals surface area contributed by atoms with Crippen LogP contribution < -0.4 is 0 Å². The van der Waals surface area contributed by atoms with Gasteiger partial charge in [0.05, 0.1) is 6.54 Å². The van der Waals surface area contributed by atoms with Gasteiger partial charge in [-0.2, -0.15) is 0 Å². The van der Waals surface area contributed by atoms with Crippen molar-refractivity contribution < 1.29 is 4.79 Å². The summed E-state index contributed by atoms with van der Waals surface area (Å²) >= 11 is 0. The zero-order valence-electron chi connectivity index (χ0n) is 10.4. The van der Waals surface area contributed by atoms with Crippen molar-refractivity contribution >= 4 is 16.9 Å². The predicted octanol–water partition coefficient (Wildman–Crippen LogP) is 3.89. The van der Waals surface area contributed by atoms with Crippen molar-refractivity contribution in [3.63, 3.8) is 0 Å². The van der Waals surface area contributed by atoms with E-state index in [4.69, 9.17) is 0 Å². The molecule has 0 aliphatic carbocycles. The van der Waals surface area contributed by atoms with Crippen molar-refractivity contribution in [1.29, 1.82) is 0 Å². The van der Waals surface area contributed by atoms with Crippen LogP contribution in [0.5, 0.6) is 0 Å². The fraction of sp³-hybridized carbons (Fsp3) is 0.312. The Kier molecular flexibility index (Phi) is 4.68. The molecule has 0 amide bonds. The third-order valence-corrected chi connectivity index (χ3v) is 3.11. The lowest BCUT2D eigenvalue weighted by Gasteiger charge is -2.03. The summed E-state index contributed by atoms with van der Waals surface area (Å²) in [4.78, 5) is 13.4. The van der Waals surface area contributed by atoms with Crippen LogP contribution in [0.25, 0.3) is 10.8 Å². The van der Waals surface area contributed by atoms with E-state index in [1.165, 1.54) is 16.3 Å². The summed E-state index contributed by atoms with van der Waals surface area (Å²) in [5.41, 5.74) is 1.38. The maximum absolute atomic E-state index is 9.89. The highest BCUT2D eigenvalue weighted by molar-refractivity contribution is 5.82. The molecular weight excluding hydrogens is 222 g/mol. The minimum Gasteiger partial charge on any atom is -0.211 e. The van der Waals surface area contributed by atoms with Gasteiger partial charge in [0.2, 0.25) is 6.08 Å². The van der Waals surface area contributed by atoms with Gasteiger partial charge in [-0.1, -0.05) is 48.9 Å². The predicted molar refractivity (Wildman–Crippen MR) is 74.5 cm³/mol. The number of unbranched alkanes of at least 4 members (excludes halogenated alkanes) is 2. The normalized spacial score (nSPS) is 10.2. The Labute approximate surface area is 107 Å². The molecule has 2 aromatic carbocycles. The Bertz CT molecular complexity index is 556. The highest BCUT2D eigenvalue weighted by Gasteiger charge is 1.96. The van der Waals surface area contributed by atoms with Crippen LogP contribution in [0.3, 0.4) is 0 Å². The molecule has 0 aliphatic heterocycles. The number of carbonyl (C=O) groups excluding carboxylic acids is 1. The van der Waals surface area contributed by atoms with E-state index in [-0.39, 0.29) is 0 Å². The molecule has 0 aliphatic rings. The first-order valence-electron chi connectivity index (χ1n) is 6.41. The van der Waals surface area contributed by atoms with Crippen LogP contribution in [0, 0.1) is 0 Å². The Morgan fingerprint density at radius 2 is 1.78 bits per heavy atom. The number of aryl methyl sites for hydroxylation is 1. The molecule has 0 saturated heterocycles. The molecule has 2 aromatic rings. The van der Waals surface area contributed by atoms with E-state index in [1.807, 2.05) is 0 Å². The second-order valence-corrected chi connectivity index (χ2v) is 4.47. The van der Waals surface area contributed by atoms with Crippen LogP contribution in [-0.4, -0.2) is 12.6 Å². The summed E-state index contributed by atoms with van der Waals surface area (Å²) in [5, 5.41) is 2.60. The molecule has 0 spiro atoms. The van der Waals surface area contributed by atoms with Crippen molar-refractivity contribution in [1.82, 2.24) is 0 Å². The SMILES string of the molecule is O=C=NCCCCCc1ccc2ccccc2c1. The molecule has 2 nitrogen and oxygen atoms in total. The van der Waals surface area contributed by atoms with E-state index in [9.17, 15) is 4.79 Å². The largest absolute Gasteiger partial charge is 0.234 e.